The Kier molecular flexibility index (Phi) is 5.55. The Labute approximate surface area is 119 Å². The van der Waals surface area contributed by atoms with Gasteiger partial charge >= 0.3 is 5.97 Å². The van der Waals surface area contributed by atoms with Crippen molar-refractivity contribution < 1.29 is 19.1 Å². The van der Waals surface area contributed by atoms with E-state index >= 15 is 0 Å². The number of hydrogen-bond donors (Lipinski definition) is 1. The Morgan fingerprint density at radius 2 is 1.85 bits per heavy atom. The van der Waals surface area contributed by atoms with Crippen molar-refractivity contribution in [3.63, 3.8) is 0 Å². The molecule has 1 aromatic carbocycles. The standard InChI is InChI=1S/C15H21NO4/c1-9(2)16-14(17)11(4)20-15(18)12-8-10(3)6-7-13(12)19-5/h6-9,11H,1-5H3,(H,16,17)/t11-/m0/s1. The van der Waals surface area contributed by atoms with Crippen LogP contribution in [0.4, 0.5) is 0 Å². The highest BCUT2D eigenvalue weighted by molar-refractivity contribution is 5.94. The third-order valence-electron chi connectivity index (χ3n) is 2.66. The highest BCUT2D eigenvalue weighted by Gasteiger charge is 2.21. The molecule has 0 heterocycles. The molecule has 0 aromatic heterocycles. The van der Waals surface area contributed by atoms with Crippen LogP contribution in [0.15, 0.2) is 18.2 Å². The number of methoxy groups -OCH3 is 1. The topological polar surface area (TPSA) is 64.6 Å². The molecule has 5 nitrogen and oxygen atoms in total. The van der Waals surface area contributed by atoms with Crippen LogP contribution in [0.1, 0.15) is 36.7 Å². The molecule has 110 valence electrons. The summed E-state index contributed by atoms with van der Waals surface area (Å²) in [5, 5.41) is 2.69. The fourth-order valence-electron chi connectivity index (χ4n) is 1.66. The average molecular weight is 279 g/mol. The fraction of sp³-hybridized carbons (Fsp3) is 0.467. The van der Waals surface area contributed by atoms with Crippen molar-refractivity contribution in [2.75, 3.05) is 7.11 Å². The van der Waals surface area contributed by atoms with Crippen LogP contribution in [0.3, 0.4) is 0 Å². The van der Waals surface area contributed by atoms with E-state index in [4.69, 9.17) is 9.47 Å². The van der Waals surface area contributed by atoms with E-state index in [9.17, 15) is 9.59 Å². The number of benzene rings is 1. The molecule has 0 saturated carbocycles. The summed E-state index contributed by atoms with van der Waals surface area (Å²) in [7, 11) is 1.48. The van der Waals surface area contributed by atoms with E-state index in [0.717, 1.165) is 5.56 Å². The molecule has 0 aliphatic heterocycles. The van der Waals surface area contributed by atoms with Crippen LogP contribution in [0.25, 0.3) is 0 Å². The number of hydrogen-bond acceptors (Lipinski definition) is 4. The molecule has 0 fully saturated rings. The van der Waals surface area contributed by atoms with Crippen molar-refractivity contribution in [2.45, 2.75) is 39.8 Å². The van der Waals surface area contributed by atoms with Crippen LogP contribution >= 0.6 is 0 Å². The molecule has 0 spiro atoms. The molecule has 0 unspecified atom stereocenters. The van der Waals surface area contributed by atoms with Crippen molar-refractivity contribution in [2.24, 2.45) is 0 Å². The van der Waals surface area contributed by atoms with Crippen LogP contribution in [0.5, 0.6) is 5.75 Å². The van der Waals surface area contributed by atoms with Gasteiger partial charge < -0.3 is 14.8 Å². The first-order valence-corrected chi connectivity index (χ1v) is 6.51. The minimum absolute atomic E-state index is 0.00263. The summed E-state index contributed by atoms with van der Waals surface area (Å²) in [5.74, 6) is -0.464. The number of aryl methyl sites for hydroxylation is 1. The van der Waals surface area contributed by atoms with Crippen LogP contribution in [0.2, 0.25) is 0 Å². The van der Waals surface area contributed by atoms with Gasteiger partial charge in [-0.2, -0.15) is 0 Å². The predicted octanol–water partition coefficient (Wildman–Crippen LogP) is 2.07. The van der Waals surface area contributed by atoms with E-state index in [1.54, 1.807) is 12.1 Å². The van der Waals surface area contributed by atoms with E-state index in [2.05, 4.69) is 5.32 Å². The third kappa shape index (κ3) is 4.26. The first-order chi connectivity index (χ1) is 9.35. The molecule has 1 amide bonds. The smallest absolute Gasteiger partial charge is 0.342 e. The predicted molar refractivity (Wildman–Crippen MR) is 75.9 cm³/mol. The monoisotopic (exact) mass is 279 g/mol. The lowest BCUT2D eigenvalue weighted by atomic mass is 10.1. The zero-order valence-electron chi connectivity index (χ0n) is 12.5. The zero-order chi connectivity index (χ0) is 15.3. The Balaban J connectivity index is 2.81. The molecular formula is C15H21NO4. The zero-order valence-corrected chi connectivity index (χ0v) is 12.5. The number of amides is 1. The molecule has 1 aromatic rings. The fourth-order valence-corrected chi connectivity index (χ4v) is 1.66. The van der Waals surface area contributed by atoms with Gasteiger partial charge in [0.1, 0.15) is 11.3 Å². The van der Waals surface area contributed by atoms with Gasteiger partial charge in [0.15, 0.2) is 6.10 Å². The summed E-state index contributed by atoms with van der Waals surface area (Å²) in [6.45, 7) is 7.09. The molecule has 5 heteroatoms. The summed E-state index contributed by atoms with van der Waals surface area (Å²) in [6.07, 6.45) is -0.852. The van der Waals surface area contributed by atoms with Gasteiger partial charge in [0.25, 0.3) is 5.91 Å². The Hall–Kier alpha value is -2.04. The van der Waals surface area contributed by atoms with E-state index in [1.165, 1.54) is 14.0 Å². The number of esters is 1. The summed E-state index contributed by atoms with van der Waals surface area (Å²) in [5.41, 5.74) is 1.23. The number of ether oxygens (including phenoxy) is 2. The molecule has 0 aliphatic rings. The van der Waals surface area contributed by atoms with Gasteiger partial charge in [-0.1, -0.05) is 11.6 Å². The van der Waals surface area contributed by atoms with Gasteiger partial charge in [-0.05, 0) is 39.8 Å². The van der Waals surface area contributed by atoms with Crippen LogP contribution in [-0.4, -0.2) is 31.1 Å². The van der Waals surface area contributed by atoms with Gasteiger partial charge in [0, 0.05) is 6.04 Å². The highest BCUT2D eigenvalue weighted by atomic mass is 16.5. The Morgan fingerprint density at radius 1 is 1.20 bits per heavy atom. The van der Waals surface area contributed by atoms with Gasteiger partial charge in [0.05, 0.1) is 7.11 Å². The minimum atomic E-state index is -0.852. The second kappa shape index (κ2) is 6.93. The quantitative estimate of drug-likeness (QED) is 0.838. The van der Waals surface area contributed by atoms with Crippen LogP contribution < -0.4 is 10.1 Å². The SMILES string of the molecule is COc1ccc(C)cc1C(=O)O[C@@H](C)C(=O)NC(C)C. The first-order valence-electron chi connectivity index (χ1n) is 6.51. The summed E-state index contributed by atoms with van der Waals surface area (Å²) < 4.78 is 10.3. The second-order valence-electron chi connectivity index (χ2n) is 4.91. The molecule has 20 heavy (non-hydrogen) atoms. The number of nitrogens with one attached hydrogen (secondary N) is 1. The second-order valence-corrected chi connectivity index (χ2v) is 4.91. The molecular weight excluding hydrogens is 258 g/mol. The maximum absolute atomic E-state index is 12.1. The molecule has 1 rings (SSSR count). The number of carbonyl (C=O) groups excluding carboxylic acids is 2. The van der Waals surface area contributed by atoms with Crippen molar-refractivity contribution in [1.29, 1.82) is 0 Å². The van der Waals surface area contributed by atoms with Gasteiger partial charge in [-0.15, -0.1) is 0 Å². The van der Waals surface area contributed by atoms with Crippen molar-refractivity contribution in [1.82, 2.24) is 5.32 Å². The maximum atomic E-state index is 12.1. The number of rotatable bonds is 5. The number of carbonyl (C=O) groups is 2. The van der Waals surface area contributed by atoms with Gasteiger partial charge in [-0.25, -0.2) is 4.79 Å². The molecule has 0 aliphatic carbocycles. The van der Waals surface area contributed by atoms with Crippen molar-refractivity contribution >= 4 is 11.9 Å². The van der Waals surface area contributed by atoms with E-state index in [0.29, 0.717) is 11.3 Å². The Bertz CT molecular complexity index is 497. The van der Waals surface area contributed by atoms with Gasteiger partial charge in [-0.3, -0.25) is 4.79 Å². The van der Waals surface area contributed by atoms with Crippen molar-refractivity contribution in [3.8, 4) is 5.75 Å². The van der Waals surface area contributed by atoms with E-state index in [-0.39, 0.29) is 11.9 Å². The Morgan fingerprint density at radius 3 is 2.40 bits per heavy atom. The maximum Gasteiger partial charge on any atom is 0.342 e. The lowest BCUT2D eigenvalue weighted by Crippen LogP contribution is -2.39. The molecule has 1 N–H and O–H groups in total. The molecule has 0 bridgehead atoms. The summed E-state index contributed by atoms with van der Waals surface area (Å²) >= 11 is 0. The van der Waals surface area contributed by atoms with E-state index in [1.807, 2.05) is 26.8 Å². The average Bonchev–Trinajstić information content (AvgIpc) is 2.37. The lowest BCUT2D eigenvalue weighted by molar-refractivity contribution is -0.129. The molecule has 1 atom stereocenters. The van der Waals surface area contributed by atoms with Crippen molar-refractivity contribution in [3.05, 3.63) is 29.3 Å². The first kappa shape index (κ1) is 16.0. The lowest BCUT2D eigenvalue weighted by Gasteiger charge is -2.16. The minimum Gasteiger partial charge on any atom is -0.496 e. The molecule has 0 saturated heterocycles. The highest BCUT2D eigenvalue weighted by Crippen LogP contribution is 2.21. The summed E-state index contributed by atoms with van der Waals surface area (Å²) in [4.78, 5) is 23.8. The van der Waals surface area contributed by atoms with Crippen LogP contribution in [-0.2, 0) is 9.53 Å². The summed E-state index contributed by atoms with van der Waals surface area (Å²) in [6, 6.07) is 5.21. The van der Waals surface area contributed by atoms with Crippen LogP contribution in [0, 0.1) is 6.92 Å². The normalized spacial score (nSPS) is 11.9. The van der Waals surface area contributed by atoms with Gasteiger partial charge in [0.2, 0.25) is 0 Å². The largest absolute Gasteiger partial charge is 0.496 e. The molecule has 0 radical (unpaired) electrons. The van der Waals surface area contributed by atoms with E-state index < -0.39 is 12.1 Å². The third-order valence-corrected chi connectivity index (χ3v) is 2.66.